The number of carbonyl (C=O) groups excluding carboxylic acids is 1. The highest BCUT2D eigenvalue weighted by molar-refractivity contribution is 6.32. The first-order valence-corrected chi connectivity index (χ1v) is 8.50. The summed E-state index contributed by atoms with van der Waals surface area (Å²) in [7, 11) is 0. The van der Waals surface area contributed by atoms with Gasteiger partial charge in [0.15, 0.2) is 0 Å². The van der Waals surface area contributed by atoms with Gasteiger partial charge in [0.05, 0.1) is 16.4 Å². The maximum Gasteiger partial charge on any atom is 0.226 e. The van der Waals surface area contributed by atoms with Crippen molar-refractivity contribution in [2.24, 2.45) is 5.41 Å². The third-order valence-corrected chi connectivity index (χ3v) is 3.84. The lowest BCUT2D eigenvalue weighted by molar-refractivity contribution is -0.117. The molecule has 0 saturated carbocycles. The number of nitrogens with one attached hydrogen (secondary N) is 1. The third-order valence-electron chi connectivity index (χ3n) is 3.52. The van der Waals surface area contributed by atoms with Crippen molar-refractivity contribution in [3.05, 3.63) is 41.0 Å². The number of halogens is 1. The van der Waals surface area contributed by atoms with Crippen LogP contribution in [0.1, 0.15) is 53.7 Å². The van der Waals surface area contributed by atoms with E-state index in [0.717, 1.165) is 11.4 Å². The van der Waals surface area contributed by atoms with Crippen molar-refractivity contribution in [1.29, 1.82) is 0 Å². The van der Waals surface area contributed by atoms with Crippen LogP contribution in [0.15, 0.2) is 30.3 Å². The zero-order valence-electron chi connectivity index (χ0n) is 15.3. The first-order valence-electron chi connectivity index (χ1n) is 8.13. The van der Waals surface area contributed by atoms with Gasteiger partial charge in [-0.2, -0.15) is 5.10 Å². The molecule has 0 aliphatic heterocycles. The minimum Gasteiger partial charge on any atom is -0.311 e. The number of rotatable bonds is 3. The second kappa shape index (κ2) is 6.60. The monoisotopic (exact) mass is 347 g/mol. The number of hydrogen-bond donors (Lipinski definition) is 1. The minimum absolute atomic E-state index is 0.0313. The average molecular weight is 348 g/mol. The molecule has 0 saturated heterocycles. The van der Waals surface area contributed by atoms with Crippen LogP contribution in [0.5, 0.6) is 0 Å². The van der Waals surface area contributed by atoms with Crippen LogP contribution in [-0.2, 0) is 10.2 Å². The molecule has 1 N–H and O–H groups in total. The van der Waals surface area contributed by atoms with Crippen LogP contribution >= 0.6 is 11.6 Å². The summed E-state index contributed by atoms with van der Waals surface area (Å²) in [6.07, 6.45) is 0.436. The molecule has 0 bridgehead atoms. The number of amides is 1. The molecular weight excluding hydrogens is 322 g/mol. The van der Waals surface area contributed by atoms with Gasteiger partial charge in [-0.05, 0) is 17.5 Å². The molecule has 1 amide bonds. The molecule has 0 aliphatic carbocycles. The van der Waals surface area contributed by atoms with Gasteiger partial charge < -0.3 is 5.32 Å². The Bertz CT molecular complexity index is 736. The summed E-state index contributed by atoms with van der Waals surface area (Å²) >= 11 is 6.32. The Kier molecular flexibility index (Phi) is 5.09. The van der Waals surface area contributed by atoms with Crippen molar-refractivity contribution >= 4 is 23.3 Å². The van der Waals surface area contributed by atoms with E-state index in [1.807, 2.05) is 51.1 Å². The largest absolute Gasteiger partial charge is 0.311 e. The summed E-state index contributed by atoms with van der Waals surface area (Å²) in [6, 6.07) is 9.40. The van der Waals surface area contributed by atoms with Gasteiger partial charge in [-0.3, -0.25) is 4.79 Å². The number of benzene rings is 1. The van der Waals surface area contributed by atoms with Gasteiger partial charge in [-0.25, -0.2) is 4.68 Å². The first-order chi connectivity index (χ1) is 11.0. The lowest BCUT2D eigenvalue weighted by Crippen LogP contribution is -2.21. The normalized spacial score (nSPS) is 12.3. The number of nitrogens with zero attached hydrogens (tertiary/aromatic N) is 2. The molecule has 0 radical (unpaired) electrons. The maximum atomic E-state index is 12.4. The van der Waals surface area contributed by atoms with E-state index in [-0.39, 0.29) is 16.7 Å². The summed E-state index contributed by atoms with van der Waals surface area (Å²) in [5, 5.41) is 8.26. The number of para-hydroxylation sites is 1. The molecule has 5 heteroatoms. The standard InChI is InChI=1S/C19H26ClN3O/c1-18(2,3)12-17(24)21-16-11-15(19(4,5)6)22-23(16)14-10-8-7-9-13(14)20/h7-11H,12H2,1-6H3,(H,21,24). The molecule has 1 aromatic heterocycles. The zero-order valence-corrected chi connectivity index (χ0v) is 16.0. The van der Waals surface area contributed by atoms with Crippen molar-refractivity contribution in [2.75, 3.05) is 5.32 Å². The van der Waals surface area contributed by atoms with Crippen molar-refractivity contribution < 1.29 is 4.79 Å². The number of aromatic nitrogens is 2. The van der Waals surface area contributed by atoms with E-state index in [9.17, 15) is 4.79 Å². The van der Waals surface area contributed by atoms with Crippen LogP contribution in [0.4, 0.5) is 5.82 Å². The Balaban J connectivity index is 2.44. The first kappa shape index (κ1) is 18.5. The molecule has 2 aromatic rings. The molecule has 0 spiro atoms. The van der Waals surface area contributed by atoms with Crippen LogP contribution in [-0.4, -0.2) is 15.7 Å². The Hall–Kier alpha value is -1.81. The lowest BCUT2D eigenvalue weighted by Gasteiger charge is -2.17. The van der Waals surface area contributed by atoms with Gasteiger partial charge >= 0.3 is 0 Å². The van der Waals surface area contributed by atoms with Gasteiger partial charge in [-0.15, -0.1) is 0 Å². The highest BCUT2D eigenvalue weighted by Gasteiger charge is 2.23. The SMILES string of the molecule is CC(C)(C)CC(=O)Nc1cc(C(C)(C)C)nn1-c1ccccc1Cl. The van der Waals surface area contributed by atoms with E-state index in [1.165, 1.54) is 0 Å². The van der Waals surface area contributed by atoms with Gasteiger partial charge in [0.25, 0.3) is 0 Å². The molecule has 130 valence electrons. The van der Waals surface area contributed by atoms with E-state index >= 15 is 0 Å². The van der Waals surface area contributed by atoms with Crippen LogP contribution in [0, 0.1) is 5.41 Å². The van der Waals surface area contributed by atoms with E-state index < -0.39 is 0 Å². The smallest absolute Gasteiger partial charge is 0.226 e. The van der Waals surface area contributed by atoms with Crippen LogP contribution in [0.2, 0.25) is 5.02 Å². The molecule has 0 unspecified atom stereocenters. The Morgan fingerprint density at radius 1 is 1.17 bits per heavy atom. The maximum absolute atomic E-state index is 12.4. The summed E-state index contributed by atoms with van der Waals surface area (Å²) in [5.74, 6) is 0.610. The minimum atomic E-state index is -0.129. The fourth-order valence-electron chi connectivity index (χ4n) is 2.31. The van der Waals surface area contributed by atoms with Crippen molar-refractivity contribution in [2.45, 2.75) is 53.4 Å². The van der Waals surface area contributed by atoms with Crippen LogP contribution in [0.3, 0.4) is 0 Å². The fraction of sp³-hybridized carbons (Fsp3) is 0.474. The predicted octanol–water partition coefficient (Wildman–Crippen LogP) is 5.20. The highest BCUT2D eigenvalue weighted by atomic mass is 35.5. The predicted molar refractivity (Wildman–Crippen MR) is 100.0 cm³/mol. The molecule has 1 heterocycles. The molecule has 4 nitrogen and oxygen atoms in total. The summed E-state index contributed by atoms with van der Waals surface area (Å²) in [6.45, 7) is 12.4. The molecule has 2 rings (SSSR count). The second-order valence-corrected chi connectivity index (χ2v) is 8.72. The zero-order chi connectivity index (χ0) is 18.1. The van der Waals surface area contributed by atoms with Crippen molar-refractivity contribution in [1.82, 2.24) is 9.78 Å². The van der Waals surface area contributed by atoms with E-state index in [2.05, 4.69) is 31.2 Å². The Morgan fingerprint density at radius 2 is 1.79 bits per heavy atom. The van der Waals surface area contributed by atoms with Crippen LogP contribution in [0.25, 0.3) is 5.69 Å². The molecule has 0 atom stereocenters. The van der Waals surface area contributed by atoms with Gasteiger partial charge in [0.1, 0.15) is 5.82 Å². The molecular formula is C19H26ClN3O. The van der Waals surface area contributed by atoms with Crippen LogP contribution < -0.4 is 5.32 Å². The summed E-state index contributed by atoms with van der Waals surface area (Å²) < 4.78 is 1.71. The van der Waals surface area contributed by atoms with E-state index in [1.54, 1.807) is 4.68 Å². The Morgan fingerprint density at radius 3 is 2.33 bits per heavy atom. The number of carbonyl (C=O) groups is 1. The van der Waals surface area contributed by atoms with Crippen molar-refractivity contribution in [3.8, 4) is 5.69 Å². The van der Waals surface area contributed by atoms with Gasteiger partial charge in [0.2, 0.25) is 5.91 Å². The molecule has 0 aliphatic rings. The molecule has 1 aromatic carbocycles. The second-order valence-electron chi connectivity index (χ2n) is 8.31. The topological polar surface area (TPSA) is 46.9 Å². The number of hydrogen-bond acceptors (Lipinski definition) is 2. The van der Waals surface area contributed by atoms with E-state index in [0.29, 0.717) is 17.3 Å². The fourth-order valence-corrected chi connectivity index (χ4v) is 2.53. The van der Waals surface area contributed by atoms with Gasteiger partial charge in [0, 0.05) is 17.9 Å². The van der Waals surface area contributed by atoms with E-state index in [4.69, 9.17) is 11.6 Å². The number of anilines is 1. The molecule has 24 heavy (non-hydrogen) atoms. The summed E-state index contributed by atoms with van der Waals surface area (Å²) in [5.41, 5.74) is 1.44. The average Bonchev–Trinajstić information content (AvgIpc) is 2.80. The quantitative estimate of drug-likeness (QED) is 0.829. The summed E-state index contributed by atoms with van der Waals surface area (Å²) in [4.78, 5) is 12.4. The Labute approximate surface area is 149 Å². The lowest BCUT2D eigenvalue weighted by atomic mass is 9.92. The highest BCUT2D eigenvalue weighted by Crippen LogP contribution is 2.29. The van der Waals surface area contributed by atoms with Gasteiger partial charge in [-0.1, -0.05) is 65.3 Å². The molecule has 0 fully saturated rings. The third kappa shape index (κ3) is 4.60. The van der Waals surface area contributed by atoms with Crippen molar-refractivity contribution in [3.63, 3.8) is 0 Å².